The molecule has 0 atom stereocenters. The minimum Gasteiger partial charge on any atom is -0.363 e. The van der Waals surface area contributed by atoms with Gasteiger partial charge < -0.3 is 10.3 Å². The van der Waals surface area contributed by atoms with Crippen LogP contribution in [-0.4, -0.2) is 26.5 Å². The summed E-state index contributed by atoms with van der Waals surface area (Å²) in [5.41, 5.74) is 0.892. The second-order valence-electron chi connectivity index (χ2n) is 5.82. The van der Waals surface area contributed by atoms with E-state index >= 15 is 0 Å². The van der Waals surface area contributed by atoms with Crippen molar-refractivity contribution in [3.05, 3.63) is 18.0 Å². The number of rotatable bonds is 11. The molecule has 21 heavy (non-hydrogen) atoms. The van der Waals surface area contributed by atoms with E-state index in [9.17, 15) is 8.42 Å². The van der Waals surface area contributed by atoms with Crippen LogP contribution in [0.4, 0.5) is 0 Å². The van der Waals surface area contributed by atoms with Crippen LogP contribution in [0.2, 0.25) is 0 Å². The molecule has 5 nitrogen and oxygen atoms in total. The van der Waals surface area contributed by atoms with Crippen LogP contribution in [-0.2, 0) is 16.6 Å². The largest absolute Gasteiger partial charge is 0.363 e. The van der Waals surface area contributed by atoms with E-state index in [1.165, 1.54) is 0 Å². The molecule has 6 heteroatoms. The summed E-state index contributed by atoms with van der Waals surface area (Å²) in [6.07, 6.45) is 5.69. The number of hydrogen-bond acceptors (Lipinski definition) is 3. The first-order valence-corrected chi connectivity index (χ1v) is 9.31. The molecule has 0 fully saturated rings. The number of nitrogens with one attached hydrogen (secondary N) is 3. The van der Waals surface area contributed by atoms with Crippen LogP contribution in [0.1, 0.15) is 52.1 Å². The van der Waals surface area contributed by atoms with Gasteiger partial charge in [-0.25, -0.2) is 13.1 Å². The summed E-state index contributed by atoms with van der Waals surface area (Å²) < 4.78 is 26.9. The summed E-state index contributed by atoms with van der Waals surface area (Å²) in [7, 11) is -3.38. The van der Waals surface area contributed by atoms with Gasteiger partial charge >= 0.3 is 0 Å². The van der Waals surface area contributed by atoms with Gasteiger partial charge in [-0.1, -0.05) is 33.6 Å². The molecule has 0 saturated heterocycles. The normalized spacial score (nSPS) is 12.2. The molecule has 0 radical (unpaired) electrons. The van der Waals surface area contributed by atoms with Gasteiger partial charge in [0.15, 0.2) is 0 Å². The smallest absolute Gasteiger partial charge is 0.242 e. The zero-order valence-electron chi connectivity index (χ0n) is 13.4. The minimum atomic E-state index is -3.38. The Balaban J connectivity index is 2.39. The Labute approximate surface area is 129 Å². The van der Waals surface area contributed by atoms with Crippen LogP contribution in [0.5, 0.6) is 0 Å². The van der Waals surface area contributed by atoms with Crippen molar-refractivity contribution < 1.29 is 8.42 Å². The van der Waals surface area contributed by atoms with E-state index in [1.54, 1.807) is 12.3 Å². The zero-order chi connectivity index (χ0) is 15.7. The predicted molar refractivity (Wildman–Crippen MR) is 86.7 cm³/mol. The van der Waals surface area contributed by atoms with Crippen molar-refractivity contribution in [3.63, 3.8) is 0 Å². The molecule has 1 aromatic rings. The van der Waals surface area contributed by atoms with Gasteiger partial charge in [0.05, 0.1) is 4.90 Å². The van der Waals surface area contributed by atoms with Gasteiger partial charge in [0.1, 0.15) is 0 Å². The minimum absolute atomic E-state index is 0.319. The molecule has 0 aromatic carbocycles. The molecule has 0 spiro atoms. The van der Waals surface area contributed by atoms with E-state index in [4.69, 9.17) is 0 Å². The molecule has 0 saturated carbocycles. The summed E-state index contributed by atoms with van der Waals surface area (Å²) in [5.74, 6) is 0.671. The lowest BCUT2D eigenvalue weighted by Gasteiger charge is -2.06. The lowest BCUT2D eigenvalue weighted by Crippen LogP contribution is -2.24. The van der Waals surface area contributed by atoms with Crippen LogP contribution in [0, 0.1) is 5.92 Å². The first-order chi connectivity index (χ1) is 9.95. The average Bonchev–Trinajstić information content (AvgIpc) is 2.88. The van der Waals surface area contributed by atoms with Crippen molar-refractivity contribution in [3.8, 4) is 0 Å². The van der Waals surface area contributed by atoms with E-state index in [0.29, 0.717) is 23.9 Å². The number of aromatic amines is 1. The Morgan fingerprint density at radius 3 is 2.67 bits per heavy atom. The Kier molecular flexibility index (Phi) is 8.00. The van der Waals surface area contributed by atoms with Crippen molar-refractivity contribution in [2.24, 2.45) is 5.92 Å². The standard InChI is InChI=1S/C15H29N3O2S/c1-4-8-16-11-14-10-15(12-17-14)21(19,20)18-9-6-5-7-13(2)3/h10,12-13,16-18H,4-9,11H2,1-3H3. The number of aromatic nitrogens is 1. The van der Waals surface area contributed by atoms with Gasteiger partial charge in [-0.3, -0.25) is 0 Å². The van der Waals surface area contributed by atoms with Crippen LogP contribution in [0.25, 0.3) is 0 Å². The highest BCUT2D eigenvalue weighted by Gasteiger charge is 2.15. The third-order valence-electron chi connectivity index (χ3n) is 3.27. The van der Waals surface area contributed by atoms with Crippen molar-refractivity contribution in [2.45, 2.75) is 57.9 Å². The van der Waals surface area contributed by atoms with Gasteiger partial charge in [-0.05, 0) is 31.4 Å². The Morgan fingerprint density at radius 2 is 2.00 bits per heavy atom. The van der Waals surface area contributed by atoms with Crippen molar-refractivity contribution in [1.29, 1.82) is 0 Å². The van der Waals surface area contributed by atoms with Crippen molar-refractivity contribution >= 4 is 10.0 Å². The van der Waals surface area contributed by atoms with E-state index in [1.807, 2.05) is 0 Å². The van der Waals surface area contributed by atoms with Crippen LogP contribution in [0.3, 0.4) is 0 Å². The van der Waals surface area contributed by atoms with Gasteiger partial charge in [0.25, 0.3) is 0 Å². The van der Waals surface area contributed by atoms with Crippen LogP contribution < -0.4 is 10.0 Å². The molecule has 0 bridgehead atoms. The molecule has 0 aliphatic carbocycles. The molecule has 1 heterocycles. The van der Waals surface area contributed by atoms with E-state index in [0.717, 1.165) is 37.9 Å². The second kappa shape index (κ2) is 9.23. The highest BCUT2D eigenvalue weighted by molar-refractivity contribution is 7.89. The molecule has 122 valence electrons. The highest BCUT2D eigenvalue weighted by atomic mass is 32.2. The van der Waals surface area contributed by atoms with Gasteiger partial charge in [-0.15, -0.1) is 0 Å². The number of hydrogen-bond donors (Lipinski definition) is 3. The molecule has 0 amide bonds. The topological polar surface area (TPSA) is 74.0 Å². The summed E-state index contributed by atoms with van der Waals surface area (Å²) >= 11 is 0. The Hall–Kier alpha value is -0.850. The quantitative estimate of drug-likeness (QED) is 0.550. The molecule has 1 rings (SSSR count). The van der Waals surface area contributed by atoms with Crippen LogP contribution in [0.15, 0.2) is 17.2 Å². The fourth-order valence-electron chi connectivity index (χ4n) is 2.04. The monoisotopic (exact) mass is 315 g/mol. The summed E-state index contributed by atoms with van der Waals surface area (Å²) in [4.78, 5) is 3.32. The van der Waals surface area contributed by atoms with Gasteiger partial charge in [0.2, 0.25) is 10.0 Å². The van der Waals surface area contributed by atoms with Crippen LogP contribution >= 0.6 is 0 Å². The van der Waals surface area contributed by atoms with E-state index < -0.39 is 10.0 Å². The zero-order valence-corrected chi connectivity index (χ0v) is 14.2. The molecule has 0 aliphatic rings. The van der Waals surface area contributed by atoms with Gasteiger partial charge in [-0.2, -0.15) is 0 Å². The van der Waals surface area contributed by atoms with Gasteiger partial charge in [0, 0.05) is 25.0 Å². The average molecular weight is 315 g/mol. The molecular weight excluding hydrogens is 286 g/mol. The molecule has 0 unspecified atom stereocenters. The maximum absolute atomic E-state index is 12.1. The second-order valence-corrected chi connectivity index (χ2v) is 7.59. The molecule has 1 aromatic heterocycles. The first kappa shape index (κ1) is 18.2. The van der Waals surface area contributed by atoms with E-state index in [-0.39, 0.29) is 0 Å². The third-order valence-corrected chi connectivity index (χ3v) is 4.71. The lowest BCUT2D eigenvalue weighted by atomic mass is 10.1. The molecular formula is C15H29N3O2S. The number of sulfonamides is 1. The Bertz CT molecular complexity index is 495. The first-order valence-electron chi connectivity index (χ1n) is 7.83. The Morgan fingerprint density at radius 1 is 1.24 bits per heavy atom. The van der Waals surface area contributed by atoms with Crippen molar-refractivity contribution in [1.82, 2.24) is 15.0 Å². The maximum Gasteiger partial charge on any atom is 0.242 e. The number of H-pyrrole nitrogens is 1. The highest BCUT2D eigenvalue weighted by Crippen LogP contribution is 2.11. The predicted octanol–water partition coefficient (Wildman–Crippen LogP) is 2.62. The summed E-state index contributed by atoms with van der Waals surface area (Å²) in [6.45, 7) is 8.55. The fraction of sp³-hybridized carbons (Fsp3) is 0.733. The maximum atomic E-state index is 12.1. The SMILES string of the molecule is CCCNCc1cc(S(=O)(=O)NCCCCC(C)C)c[nH]1. The number of unbranched alkanes of at least 4 members (excludes halogenated alkanes) is 1. The summed E-state index contributed by atoms with van der Waals surface area (Å²) in [6, 6.07) is 1.69. The third kappa shape index (κ3) is 7.11. The lowest BCUT2D eigenvalue weighted by molar-refractivity contribution is 0.530. The van der Waals surface area contributed by atoms with Crippen molar-refractivity contribution in [2.75, 3.05) is 13.1 Å². The summed E-state index contributed by atoms with van der Waals surface area (Å²) in [5, 5.41) is 3.24. The van der Waals surface area contributed by atoms with E-state index in [2.05, 4.69) is 35.8 Å². The molecule has 3 N–H and O–H groups in total. The molecule has 0 aliphatic heterocycles. The fourth-order valence-corrected chi connectivity index (χ4v) is 3.13.